The molecule has 150 valence electrons. The minimum Gasteiger partial charge on any atom is -0.347 e. The molecule has 6 nitrogen and oxygen atoms in total. The lowest BCUT2D eigenvalue weighted by molar-refractivity contribution is -0.930. The maximum atomic E-state index is 13.9. The zero-order chi connectivity index (χ0) is 20.0. The largest absolute Gasteiger partial charge is 0.347 e. The number of quaternary nitrogens is 2. The van der Waals surface area contributed by atoms with Crippen molar-refractivity contribution in [2.45, 2.75) is 39.7 Å². The van der Waals surface area contributed by atoms with Crippen molar-refractivity contribution in [1.82, 2.24) is 5.32 Å². The van der Waals surface area contributed by atoms with Gasteiger partial charge in [-0.3, -0.25) is 9.59 Å². The lowest BCUT2D eigenvalue weighted by Gasteiger charge is -2.22. The molecule has 1 aromatic carbocycles. The SMILES string of the molecule is Cc1ccc(NC(=O)C[NH+]2CCC[NH+](CC(=O)NC(C)(C)C)CC2)c(F)c1. The van der Waals surface area contributed by atoms with E-state index in [1.54, 1.807) is 12.1 Å². The number of aryl methyl sites for hydroxylation is 1. The van der Waals surface area contributed by atoms with Gasteiger partial charge in [0.05, 0.1) is 18.8 Å². The Hall–Kier alpha value is -1.99. The maximum Gasteiger partial charge on any atom is 0.279 e. The molecule has 7 heteroatoms. The second-order valence-electron chi connectivity index (χ2n) is 8.54. The van der Waals surface area contributed by atoms with Gasteiger partial charge in [-0.15, -0.1) is 0 Å². The number of hydrogen-bond donors (Lipinski definition) is 4. The average Bonchev–Trinajstić information content (AvgIpc) is 2.73. The molecule has 0 bridgehead atoms. The lowest BCUT2D eigenvalue weighted by atomic mass is 10.1. The van der Waals surface area contributed by atoms with Gasteiger partial charge < -0.3 is 20.4 Å². The summed E-state index contributed by atoms with van der Waals surface area (Å²) in [7, 11) is 0. The van der Waals surface area contributed by atoms with Crippen molar-refractivity contribution in [3.05, 3.63) is 29.6 Å². The number of anilines is 1. The molecule has 2 unspecified atom stereocenters. The van der Waals surface area contributed by atoms with E-state index >= 15 is 0 Å². The Labute approximate surface area is 161 Å². The Morgan fingerprint density at radius 2 is 1.63 bits per heavy atom. The van der Waals surface area contributed by atoms with Crippen molar-refractivity contribution in [3.63, 3.8) is 0 Å². The summed E-state index contributed by atoms with van der Waals surface area (Å²) in [5.41, 5.74) is 0.830. The van der Waals surface area contributed by atoms with Crippen LogP contribution in [0.4, 0.5) is 10.1 Å². The first kappa shape index (κ1) is 21.3. The minimum absolute atomic E-state index is 0.0635. The standard InChI is InChI=1S/C20H31FN4O2/c1-15-6-7-17(16(21)12-15)22-18(26)13-24-8-5-9-25(11-10-24)14-19(27)23-20(2,3)4/h6-7,12H,5,8-11,13-14H2,1-4H3,(H,22,26)(H,23,27)/p+2. The molecule has 4 N–H and O–H groups in total. The molecule has 1 fully saturated rings. The van der Waals surface area contributed by atoms with E-state index in [4.69, 9.17) is 0 Å². The number of carbonyl (C=O) groups excluding carboxylic acids is 2. The predicted octanol–water partition coefficient (Wildman–Crippen LogP) is -0.839. The van der Waals surface area contributed by atoms with Crippen LogP contribution in [0.2, 0.25) is 0 Å². The van der Waals surface area contributed by atoms with Crippen LogP contribution in [0.3, 0.4) is 0 Å². The lowest BCUT2D eigenvalue weighted by Crippen LogP contribution is -3.18. The summed E-state index contributed by atoms with van der Waals surface area (Å²) >= 11 is 0. The van der Waals surface area contributed by atoms with E-state index in [9.17, 15) is 14.0 Å². The molecule has 0 aliphatic carbocycles. The molecular formula is C20H33FN4O2+2. The Kier molecular flexibility index (Phi) is 7.33. The van der Waals surface area contributed by atoms with Gasteiger partial charge in [0.2, 0.25) is 0 Å². The Morgan fingerprint density at radius 1 is 1.04 bits per heavy atom. The Bertz CT molecular complexity index is 672. The van der Waals surface area contributed by atoms with Crippen molar-refractivity contribution in [3.8, 4) is 0 Å². The number of benzene rings is 1. The highest BCUT2D eigenvalue weighted by Gasteiger charge is 2.25. The van der Waals surface area contributed by atoms with E-state index in [0.717, 1.165) is 38.2 Å². The van der Waals surface area contributed by atoms with Gasteiger partial charge in [0, 0.05) is 12.0 Å². The molecule has 0 radical (unpaired) electrons. The van der Waals surface area contributed by atoms with Crippen LogP contribution in [0, 0.1) is 12.7 Å². The zero-order valence-electron chi connectivity index (χ0n) is 16.9. The predicted molar refractivity (Wildman–Crippen MR) is 103 cm³/mol. The molecule has 2 rings (SSSR count). The number of carbonyl (C=O) groups is 2. The number of rotatable bonds is 5. The molecule has 0 aromatic heterocycles. The number of halogens is 1. The molecule has 0 saturated carbocycles. The van der Waals surface area contributed by atoms with Gasteiger partial charge in [-0.1, -0.05) is 6.07 Å². The van der Waals surface area contributed by atoms with E-state index < -0.39 is 5.82 Å². The highest BCUT2D eigenvalue weighted by molar-refractivity contribution is 5.91. The second-order valence-corrected chi connectivity index (χ2v) is 8.54. The van der Waals surface area contributed by atoms with Crippen LogP contribution in [0.25, 0.3) is 0 Å². The van der Waals surface area contributed by atoms with E-state index in [0.29, 0.717) is 13.1 Å². The fourth-order valence-corrected chi connectivity index (χ4v) is 3.38. The van der Waals surface area contributed by atoms with E-state index in [1.807, 2.05) is 27.7 Å². The Morgan fingerprint density at radius 3 is 2.19 bits per heavy atom. The van der Waals surface area contributed by atoms with Crippen LogP contribution in [0.5, 0.6) is 0 Å². The molecule has 0 spiro atoms. The molecule has 1 aromatic rings. The van der Waals surface area contributed by atoms with Gasteiger partial charge in [-0.05, 0) is 45.4 Å². The van der Waals surface area contributed by atoms with Gasteiger partial charge >= 0.3 is 0 Å². The summed E-state index contributed by atoms with van der Waals surface area (Å²) in [4.78, 5) is 26.8. The summed E-state index contributed by atoms with van der Waals surface area (Å²) in [5, 5.41) is 5.67. The van der Waals surface area contributed by atoms with Crippen LogP contribution < -0.4 is 20.4 Å². The smallest absolute Gasteiger partial charge is 0.279 e. The normalized spacial score (nSPS) is 20.6. The van der Waals surface area contributed by atoms with Crippen LogP contribution >= 0.6 is 0 Å². The third kappa shape index (κ3) is 7.64. The molecule has 1 aliphatic rings. The van der Waals surface area contributed by atoms with Gasteiger partial charge in [0.15, 0.2) is 13.1 Å². The highest BCUT2D eigenvalue weighted by Crippen LogP contribution is 2.14. The van der Waals surface area contributed by atoms with E-state index in [2.05, 4.69) is 10.6 Å². The van der Waals surface area contributed by atoms with Gasteiger partial charge in [-0.25, -0.2) is 4.39 Å². The van der Waals surface area contributed by atoms with Crippen molar-refractivity contribution >= 4 is 17.5 Å². The topological polar surface area (TPSA) is 67.1 Å². The van der Waals surface area contributed by atoms with Crippen molar-refractivity contribution < 1.29 is 23.8 Å². The first-order chi connectivity index (χ1) is 12.6. The van der Waals surface area contributed by atoms with Crippen LogP contribution in [0.1, 0.15) is 32.8 Å². The average molecular weight is 381 g/mol. The summed E-state index contributed by atoms with van der Waals surface area (Å²) < 4.78 is 13.9. The maximum absolute atomic E-state index is 13.9. The first-order valence-electron chi connectivity index (χ1n) is 9.66. The molecule has 2 amide bonds. The number of nitrogens with one attached hydrogen (secondary N) is 4. The molecule has 2 atom stereocenters. The van der Waals surface area contributed by atoms with Gasteiger partial charge in [-0.2, -0.15) is 0 Å². The summed E-state index contributed by atoms with van der Waals surface area (Å²) in [6, 6.07) is 4.79. The zero-order valence-corrected chi connectivity index (χ0v) is 16.9. The number of hydrogen-bond acceptors (Lipinski definition) is 2. The van der Waals surface area contributed by atoms with Crippen LogP contribution in [0.15, 0.2) is 18.2 Å². The molecule has 1 saturated heterocycles. The third-order valence-electron chi connectivity index (χ3n) is 4.63. The highest BCUT2D eigenvalue weighted by atomic mass is 19.1. The second kappa shape index (κ2) is 9.28. The fourth-order valence-electron chi connectivity index (χ4n) is 3.38. The van der Waals surface area contributed by atoms with Crippen molar-refractivity contribution in [1.29, 1.82) is 0 Å². The molecule has 1 heterocycles. The fraction of sp³-hybridized carbons (Fsp3) is 0.600. The van der Waals surface area contributed by atoms with Crippen molar-refractivity contribution in [2.24, 2.45) is 0 Å². The van der Waals surface area contributed by atoms with Crippen molar-refractivity contribution in [2.75, 3.05) is 44.6 Å². The summed E-state index contributed by atoms with van der Waals surface area (Å²) in [6.45, 7) is 12.0. The van der Waals surface area contributed by atoms with Gasteiger partial charge in [0.25, 0.3) is 11.8 Å². The summed E-state index contributed by atoms with van der Waals surface area (Å²) in [6.07, 6.45) is 0.958. The Balaban J connectivity index is 1.80. The molecular weight excluding hydrogens is 347 g/mol. The monoisotopic (exact) mass is 380 g/mol. The van der Waals surface area contributed by atoms with E-state index in [1.165, 1.54) is 15.9 Å². The first-order valence-corrected chi connectivity index (χ1v) is 9.66. The van der Waals surface area contributed by atoms with Gasteiger partial charge in [0.1, 0.15) is 18.9 Å². The third-order valence-corrected chi connectivity index (χ3v) is 4.63. The molecule has 27 heavy (non-hydrogen) atoms. The van der Waals surface area contributed by atoms with Crippen LogP contribution in [-0.4, -0.2) is 56.6 Å². The molecule has 1 aliphatic heterocycles. The van der Waals surface area contributed by atoms with Crippen LogP contribution in [-0.2, 0) is 9.59 Å². The minimum atomic E-state index is -0.408. The van der Waals surface area contributed by atoms with E-state index in [-0.39, 0.29) is 23.0 Å². The quantitative estimate of drug-likeness (QED) is 0.538. The summed E-state index contributed by atoms with van der Waals surface area (Å²) in [5.74, 6) is -0.523. The number of amides is 2.